The number of anilines is 1. The Balaban J connectivity index is 1.88. The van der Waals surface area contributed by atoms with Gasteiger partial charge >= 0.3 is 0 Å². The fraction of sp³-hybridized carbons (Fsp3) is 0.517. The molecule has 2 amide bonds. The van der Waals surface area contributed by atoms with E-state index in [2.05, 4.69) is 19.2 Å². The number of ether oxygens (including phenoxy) is 1. The maximum atomic E-state index is 13.8. The van der Waals surface area contributed by atoms with Gasteiger partial charge in [0.15, 0.2) is 0 Å². The van der Waals surface area contributed by atoms with E-state index < -0.39 is 28.5 Å². The van der Waals surface area contributed by atoms with Crippen LogP contribution < -0.4 is 14.4 Å². The van der Waals surface area contributed by atoms with E-state index in [1.807, 2.05) is 30.3 Å². The molecule has 0 radical (unpaired) electrons. The second-order valence-electron chi connectivity index (χ2n) is 10.4. The van der Waals surface area contributed by atoms with Crippen molar-refractivity contribution in [3.8, 4) is 5.75 Å². The molecule has 2 aromatic rings. The van der Waals surface area contributed by atoms with Crippen molar-refractivity contribution < 1.29 is 22.7 Å². The molecule has 208 valence electrons. The molecule has 8 nitrogen and oxygen atoms in total. The van der Waals surface area contributed by atoms with E-state index in [0.717, 1.165) is 47.4 Å². The van der Waals surface area contributed by atoms with Crippen LogP contribution in [0.3, 0.4) is 0 Å². The number of carbonyl (C=O) groups is 2. The van der Waals surface area contributed by atoms with Crippen molar-refractivity contribution in [2.24, 2.45) is 0 Å². The third-order valence-corrected chi connectivity index (χ3v) is 8.27. The molecule has 0 spiro atoms. The molecule has 1 N–H and O–H groups in total. The van der Waals surface area contributed by atoms with Gasteiger partial charge in [-0.1, -0.05) is 57.4 Å². The Morgan fingerprint density at radius 3 is 2.26 bits per heavy atom. The third-order valence-electron chi connectivity index (χ3n) is 7.13. The molecule has 0 bridgehead atoms. The van der Waals surface area contributed by atoms with E-state index >= 15 is 0 Å². The molecule has 1 saturated carbocycles. The summed E-state index contributed by atoms with van der Waals surface area (Å²) in [5.74, 6) is 0.231. The predicted octanol–water partition coefficient (Wildman–Crippen LogP) is 4.45. The molecule has 0 aliphatic heterocycles. The molecule has 1 atom stereocenters. The highest BCUT2D eigenvalue weighted by Gasteiger charge is 2.31. The van der Waals surface area contributed by atoms with Gasteiger partial charge < -0.3 is 15.0 Å². The minimum absolute atomic E-state index is 0.0967. The lowest BCUT2D eigenvalue weighted by atomic mass is 9.95. The van der Waals surface area contributed by atoms with Crippen LogP contribution in [0, 0.1) is 0 Å². The van der Waals surface area contributed by atoms with Gasteiger partial charge in [0.25, 0.3) is 0 Å². The number of nitrogens with one attached hydrogen (secondary N) is 1. The number of methoxy groups -OCH3 is 1. The largest absolute Gasteiger partial charge is 0.497 e. The molecule has 1 fully saturated rings. The van der Waals surface area contributed by atoms with Crippen molar-refractivity contribution in [3.63, 3.8) is 0 Å². The molecule has 1 aliphatic rings. The van der Waals surface area contributed by atoms with E-state index in [1.165, 1.54) is 11.3 Å². The Labute approximate surface area is 227 Å². The van der Waals surface area contributed by atoms with Gasteiger partial charge in [-0.05, 0) is 61.1 Å². The average Bonchev–Trinajstić information content (AvgIpc) is 2.90. The summed E-state index contributed by atoms with van der Waals surface area (Å²) < 4.78 is 32.0. The smallest absolute Gasteiger partial charge is 0.244 e. The normalized spacial score (nSPS) is 15.1. The summed E-state index contributed by atoms with van der Waals surface area (Å²) in [6.07, 6.45) is 6.26. The fourth-order valence-corrected chi connectivity index (χ4v) is 5.61. The van der Waals surface area contributed by atoms with Crippen LogP contribution in [0.2, 0.25) is 0 Å². The number of carbonyl (C=O) groups excluding carboxylic acids is 2. The SMILES string of the molecule is COc1cccc(CN(C(=O)CN(c2ccc(C(C)C)cc2)S(C)(=O)=O)[C@H](C)C(=O)NC2CCCCC2)c1. The maximum absolute atomic E-state index is 13.8. The lowest BCUT2D eigenvalue weighted by molar-refractivity contribution is -0.139. The number of amides is 2. The zero-order valence-corrected chi connectivity index (χ0v) is 24.0. The first-order valence-electron chi connectivity index (χ1n) is 13.3. The first-order chi connectivity index (χ1) is 18.0. The molecule has 0 saturated heterocycles. The topological polar surface area (TPSA) is 96.0 Å². The van der Waals surface area contributed by atoms with Gasteiger partial charge in [0.1, 0.15) is 18.3 Å². The lowest BCUT2D eigenvalue weighted by Crippen LogP contribution is -2.52. The molecule has 38 heavy (non-hydrogen) atoms. The van der Waals surface area contributed by atoms with Crippen LogP contribution in [0.5, 0.6) is 5.75 Å². The number of benzene rings is 2. The van der Waals surface area contributed by atoms with Crippen LogP contribution in [0.4, 0.5) is 5.69 Å². The van der Waals surface area contributed by atoms with Crippen LogP contribution in [0.15, 0.2) is 48.5 Å². The summed E-state index contributed by atoms with van der Waals surface area (Å²) in [6, 6.07) is 13.8. The first-order valence-corrected chi connectivity index (χ1v) is 15.1. The van der Waals surface area contributed by atoms with Crippen molar-refractivity contribution in [2.75, 3.05) is 24.2 Å². The van der Waals surface area contributed by atoms with Gasteiger partial charge in [0.2, 0.25) is 21.8 Å². The zero-order valence-electron chi connectivity index (χ0n) is 23.1. The van der Waals surface area contributed by atoms with Gasteiger partial charge in [-0.25, -0.2) is 8.42 Å². The summed E-state index contributed by atoms with van der Waals surface area (Å²) in [4.78, 5) is 28.5. The molecule has 0 unspecified atom stereocenters. The van der Waals surface area contributed by atoms with Gasteiger partial charge in [0, 0.05) is 12.6 Å². The van der Waals surface area contributed by atoms with E-state index in [0.29, 0.717) is 17.4 Å². The summed E-state index contributed by atoms with van der Waals surface area (Å²) >= 11 is 0. The molecule has 1 aliphatic carbocycles. The minimum Gasteiger partial charge on any atom is -0.497 e. The average molecular weight is 544 g/mol. The number of rotatable bonds is 11. The van der Waals surface area contributed by atoms with Gasteiger partial charge in [0.05, 0.1) is 19.1 Å². The molecule has 9 heteroatoms. The molecule has 3 rings (SSSR count). The Bertz CT molecular complexity index is 1190. The summed E-state index contributed by atoms with van der Waals surface area (Å²) in [5, 5.41) is 3.10. The second-order valence-corrected chi connectivity index (χ2v) is 12.3. The standard InChI is InChI=1S/C29H41N3O5S/c1-21(2)24-14-16-26(17-15-24)32(38(5,35)36)20-28(33)31(19-23-10-9-13-27(18-23)37-4)22(3)29(34)30-25-11-7-6-8-12-25/h9-10,13-18,21-22,25H,6-8,11-12,19-20H2,1-5H3,(H,30,34)/t22-/m1/s1. The monoisotopic (exact) mass is 543 g/mol. The van der Waals surface area contributed by atoms with Gasteiger partial charge in [-0.2, -0.15) is 0 Å². The van der Waals surface area contributed by atoms with Gasteiger partial charge in [-0.3, -0.25) is 13.9 Å². The van der Waals surface area contributed by atoms with Crippen molar-refractivity contribution in [1.29, 1.82) is 0 Å². The maximum Gasteiger partial charge on any atom is 0.244 e. The predicted molar refractivity (Wildman–Crippen MR) is 151 cm³/mol. The highest BCUT2D eigenvalue weighted by atomic mass is 32.2. The summed E-state index contributed by atoms with van der Waals surface area (Å²) in [6.45, 7) is 5.54. The Kier molecular flexibility index (Phi) is 10.2. The molecule has 2 aromatic carbocycles. The quantitative estimate of drug-likeness (QED) is 0.452. The number of hydrogen-bond acceptors (Lipinski definition) is 5. The minimum atomic E-state index is -3.77. The highest BCUT2D eigenvalue weighted by molar-refractivity contribution is 7.92. The number of nitrogens with zero attached hydrogens (tertiary/aromatic N) is 2. The number of sulfonamides is 1. The Morgan fingerprint density at radius 1 is 1.03 bits per heavy atom. The van der Waals surface area contributed by atoms with Crippen molar-refractivity contribution in [1.82, 2.24) is 10.2 Å². The fourth-order valence-electron chi connectivity index (χ4n) is 4.76. The molecular weight excluding hydrogens is 502 g/mol. The van der Waals surface area contributed by atoms with E-state index in [4.69, 9.17) is 4.74 Å². The van der Waals surface area contributed by atoms with Crippen molar-refractivity contribution in [3.05, 3.63) is 59.7 Å². The lowest BCUT2D eigenvalue weighted by Gasteiger charge is -2.33. The first kappa shape index (κ1) is 29.5. The third kappa shape index (κ3) is 7.96. The van der Waals surface area contributed by atoms with E-state index in [1.54, 1.807) is 32.2 Å². The van der Waals surface area contributed by atoms with Gasteiger partial charge in [-0.15, -0.1) is 0 Å². The molecule has 0 heterocycles. The van der Waals surface area contributed by atoms with Crippen LogP contribution in [0.1, 0.15) is 69.9 Å². The summed E-state index contributed by atoms with van der Waals surface area (Å²) in [5.41, 5.74) is 2.26. The van der Waals surface area contributed by atoms with E-state index in [9.17, 15) is 18.0 Å². The highest BCUT2D eigenvalue weighted by Crippen LogP contribution is 2.24. The Hall–Kier alpha value is -3.07. The van der Waals surface area contributed by atoms with Crippen LogP contribution in [-0.2, 0) is 26.2 Å². The molecular formula is C29H41N3O5S. The zero-order chi connectivity index (χ0) is 27.9. The van der Waals surface area contributed by atoms with Crippen LogP contribution in [0.25, 0.3) is 0 Å². The van der Waals surface area contributed by atoms with Crippen LogP contribution >= 0.6 is 0 Å². The van der Waals surface area contributed by atoms with Crippen molar-refractivity contribution >= 4 is 27.5 Å². The molecule has 0 aromatic heterocycles. The van der Waals surface area contributed by atoms with Crippen LogP contribution in [-0.4, -0.2) is 57.1 Å². The second kappa shape index (κ2) is 13.1. The summed E-state index contributed by atoms with van der Waals surface area (Å²) in [7, 11) is -2.20. The Morgan fingerprint density at radius 2 is 1.68 bits per heavy atom. The number of hydrogen-bond donors (Lipinski definition) is 1. The van der Waals surface area contributed by atoms with Crippen molar-refractivity contribution in [2.45, 2.75) is 77.4 Å². The van der Waals surface area contributed by atoms with E-state index in [-0.39, 0.29) is 18.5 Å².